The molecule has 1 aliphatic carbocycles. The molecule has 1 saturated heterocycles. The van der Waals surface area contributed by atoms with Crippen LogP contribution in [0.3, 0.4) is 0 Å². The van der Waals surface area contributed by atoms with Crippen LogP contribution in [-0.4, -0.2) is 24.0 Å². The van der Waals surface area contributed by atoms with Gasteiger partial charge in [0.05, 0.1) is 0 Å². The summed E-state index contributed by atoms with van der Waals surface area (Å²) in [6, 6.07) is 0.715. The topological polar surface area (TPSA) is 3.24 Å². The first-order valence-electron chi connectivity index (χ1n) is 8.26. The SMILES string of the molecule is CC(C)N1CC2C(C1)C(C(C)(C)C)CC2C(C)(C)C. The molecule has 0 aromatic heterocycles. The smallest absolute Gasteiger partial charge is 0.00388 e. The van der Waals surface area contributed by atoms with E-state index in [1.807, 2.05) is 0 Å². The summed E-state index contributed by atoms with van der Waals surface area (Å²) in [5, 5.41) is 0. The molecule has 0 amide bonds. The molecule has 1 saturated carbocycles. The molecule has 1 nitrogen and oxygen atoms in total. The average molecular weight is 265 g/mol. The van der Waals surface area contributed by atoms with Crippen molar-refractivity contribution in [2.24, 2.45) is 34.5 Å². The van der Waals surface area contributed by atoms with Gasteiger partial charge in [-0.15, -0.1) is 0 Å². The second-order valence-electron chi connectivity index (χ2n) is 9.56. The van der Waals surface area contributed by atoms with E-state index in [9.17, 15) is 0 Å². The summed E-state index contributed by atoms with van der Waals surface area (Å²) in [6.45, 7) is 22.1. The van der Waals surface area contributed by atoms with E-state index in [1.165, 1.54) is 19.5 Å². The van der Waals surface area contributed by atoms with E-state index in [2.05, 4.69) is 60.3 Å². The van der Waals surface area contributed by atoms with Crippen LogP contribution in [-0.2, 0) is 0 Å². The Labute approximate surface area is 121 Å². The molecule has 0 radical (unpaired) electrons. The monoisotopic (exact) mass is 265 g/mol. The van der Waals surface area contributed by atoms with Crippen LogP contribution in [0.1, 0.15) is 61.8 Å². The maximum atomic E-state index is 2.73. The third kappa shape index (κ3) is 2.86. The van der Waals surface area contributed by atoms with Gasteiger partial charge in [-0.3, -0.25) is 0 Å². The Morgan fingerprint density at radius 3 is 1.42 bits per heavy atom. The van der Waals surface area contributed by atoms with Crippen molar-refractivity contribution < 1.29 is 0 Å². The van der Waals surface area contributed by atoms with Gasteiger partial charge in [0, 0.05) is 19.1 Å². The number of nitrogens with zero attached hydrogens (tertiary/aromatic N) is 1. The van der Waals surface area contributed by atoms with Crippen molar-refractivity contribution >= 4 is 0 Å². The highest BCUT2D eigenvalue weighted by Crippen LogP contribution is 2.57. The number of hydrogen-bond donors (Lipinski definition) is 0. The van der Waals surface area contributed by atoms with Gasteiger partial charge in [-0.1, -0.05) is 41.5 Å². The zero-order valence-corrected chi connectivity index (χ0v) is 14.5. The molecule has 2 rings (SSSR count). The van der Waals surface area contributed by atoms with Gasteiger partial charge in [0.25, 0.3) is 0 Å². The molecule has 0 bridgehead atoms. The van der Waals surface area contributed by atoms with Crippen LogP contribution in [0.4, 0.5) is 0 Å². The lowest BCUT2D eigenvalue weighted by molar-refractivity contribution is 0.140. The minimum absolute atomic E-state index is 0.468. The van der Waals surface area contributed by atoms with E-state index >= 15 is 0 Å². The molecule has 1 heterocycles. The normalized spacial score (nSPS) is 37.1. The quantitative estimate of drug-likeness (QED) is 0.666. The first-order valence-corrected chi connectivity index (χ1v) is 8.26. The van der Waals surface area contributed by atoms with E-state index < -0.39 is 0 Å². The summed E-state index contributed by atoms with van der Waals surface area (Å²) < 4.78 is 0. The molecular weight excluding hydrogens is 230 g/mol. The highest BCUT2D eigenvalue weighted by atomic mass is 15.2. The Hall–Kier alpha value is -0.0400. The molecule has 112 valence electrons. The minimum Gasteiger partial charge on any atom is -0.300 e. The predicted molar refractivity (Wildman–Crippen MR) is 84.2 cm³/mol. The van der Waals surface area contributed by atoms with Crippen LogP contribution in [0, 0.1) is 34.5 Å². The molecule has 2 aliphatic rings. The van der Waals surface area contributed by atoms with Crippen molar-refractivity contribution in [1.82, 2.24) is 4.90 Å². The standard InChI is InChI=1S/C18H35N/c1-12(2)19-10-13-14(11-19)16(18(6,7)8)9-15(13)17(3,4)5/h12-16H,9-11H2,1-8H3. The van der Waals surface area contributed by atoms with Crippen LogP contribution in [0.5, 0.6) is 0 Å². The first-order chi connectivity index (χ1) is 8.51. The minimum atomic E-state index is 0.468. The summed E-state index contributed by atoms with van der Waals surface area (Å²) in [6.07, 6.45) is 1.45. The highest BCUT2D eigenvalue weighted by molar-refractivity contribution is 5.04. The van der Waals surface area contributed by atoms with Crippen LogP contribution < -0.4 is 0 Å². The molecule has 0 aromatic rings. The largest absolute Gasteiger partial charge is 0.300 e. The fourth-order valence-corrected chi connectivity index (χ4v) is 4.77. The van der Waals surface area contributed by atoms with Crippen molar-refractivity contribution in [3.8, 4) is 0 Å². The molecule has 1 heteroatoms. The summed E-state index contributed by atoms with van der Waals surface area (Å²) in [7, 11) is 0. The Morgan fingerprint density at radius 1 is 0.789 bits per heavy atom. The van der Waals surface area contributed by atoms with E-state index in [0.717, 1.165) is 23.7 Å². The summed E-state index contributed by atoms with van der Waals surface area (Å²) in [4.78, 5) is 2.73. The maximum Gasteiger partial charge on any atom is 0.00388 e. The van der Waals surface area contributed by atoms with Crippen molar-refractivity contribution in [2.75, 3.05) is 13.1 Å². The summed E-state index contributed by atoms with van der Waals surface area (Å²) >= 11 is 0. The lowest BCUT2D eigenvalue weighted by Gasteiger charge is -2.35. The van der Waals surface area contributed by atoms with E-state index in [0.29, 0.717) is 16.9 Å². The Kier molecular flexibility index (Phi) is 3.84. The van der Waals surface area contributed by atoms with Gasteiger partial charge in [0.1, 0.15) is 0 Å². The van der Waals surface area contributed by atoms with Crippen molar-refractivity contribution in [1.29, 1.82) is 0 Å². The first kappa shape index (κ1) is 15.4. The van der Waals surface area contributed by atoms with Gasteiger partial charge < -0.3 is 4.90 Å². The number of hydrogen-bond acceptors (Lipinski definition) is 1. The Morgan fingerprint density at radius 2 is 1.16 bits per heavy atom. The van der Waals surface area contributed by atoms with Gasteiger partial charge in [0.2, 0.25) is 0 Å². The molecule has 1 aliphatic heterocycles. The van der Waals surface area contributed by atoms with Crippen molar-refractivity contribution in [2.45, 2.75) is 67.9 Å². The molecule has 2 fully saturated rings. The summed E-state index contributed by atoms with van der Waals surface area (Å²) in [5.41, 5.74) is 0.936. The zero-order valence-electron chi connectivity index (χ0n) is 14.5. The zero-order chi connectivity index (χ0) is 14.6. The van der Waals surface area contributed by atoms with E-state index in [1.54, 1.807) is 0 Å². The fourth-order valence-electron chi connectivity index (χ4n) is 4.77. The maximum absolute atomic E-state index is 2.73. The van der Waals surface area contributed by atoms with Crippen LogP contribution in [0.15, 0.2) is 0 Å². The Bertz CT molecular complexity index is 290. The molecule has 0 spiro atoms. The predicted octanol–water partition coefficient (Wildman–Crippen LogP) is 4.67. The fraction of sp³-hybridized carbons (Fsp3) is 1.00. The molecule has 4 unspecified atom stereocenters. The lowest BCUT2D eigenvalue weighted by atomic mass is 9.73. The molecule has 19 heavy (non-hydrogen) atoms. The van der Waals surface area contributed by atoms with Gasteiger partial charge in [-0.25, -0.2) is 0 Å². The van der Waals surface area contributed by atoms with Crippen LogP contribution >= 0.6 is 0 Å². The van der Waals surface area contributed by atoms with Crippen molar-refractivity contribution in [3.63, 3.8) is 0 Å². The summed E-state index contributed by atoms with van der Waals surface area (Å²) in [5.74, 6) is 3.69. The van der Waals surface area contributed by atoms with Gasteiger partial charge in [-0.2, -0.15) is 0 Å². The number of rotatable bonds is 1. The average Bonchev–Trinajstić information content (AvgIpc) is 2.68. The lowest BCUT2D eigenvalue weighted by Crippen LogP contribution is -2.34. The molecule has 0 aromatic carbocycles. The molecule has 4 atom stereocenters. The highest BCUT2D eigenvalue weighted by Gasteiger charge is 2.54. The van der Waals surface area contributed by atoms with Gasteiger partial charge >= 0.3 is 0 Å². The third-order valence-electron chi connectivity index (χ3n) is 5.94. The van der Waals surface area contributed by atoms with E-state index in [4.69, 9.17) is 0 Å². The second-order valence-corrected chi connectivity index (χ2v) is 9.56. The molecule has 0 N–H and O–H groups in total. The second kappa shape index (κ2) is 4.76. The Balaban J connectivity index is 2.24. The van der Waals surface area contributed by atoms with Gasteiger partial charge in [0.15, 0.2) is 0 Å². The van der Waals surface area contributed by atoms with E-state index in [-0.39, 0.29) is 0 Å². The van der Waals surface area contributed by atoms with Crippen molar-refractivity contribution in [3.05, 3.63) is 0 Å². The third-order valence-corrected chi connectivity index (χ3v) is 5.94. The van der Waals surface area contributed by atoms with Gasteiger partial charge in [-0.05, 0) is 54.8 Å². The van der Waals surface area contributed by atoms with Crippen LogP contribution in [0.2, 0.25) is 0 Å². The molecular formula is C18H35N. The number of fused-ring (bicyclic) bond motifs is 1. The number of likely N-dealkylation sites (tertiary alicyclic amines) is 1. The van der Waals surface area contributed by atoms with Crippen LogP contribution in [0.25, 0.3) is 0 Å².